The molecule has 4 N–H and O–H groups in total. The van der Waals surface area contributed by atoms with Crippen LogP contribution >= 0.6 is 0 Å². The third kappa shape index (κ3) is 2.54. The van der Waals surface area contributed by atoms with Gasteiger partial charge < -0.3 is 15.8 Å². The maximum atomic E-state index is 12.1. The van der Waals surface area contributed by atoms with Gasteiger partial charge in [-0.3, -0.25) is 9.89 Å². The summed E-state index contributed by atoms with van der Waals surface area (Å²) in [5, 5.41) is 17.8. The number of rotatable bonds is 3. The van der Waals surface area contributed by atoms with E-state index in [0.717, 1.165) is 0 Å². The number of nitrogens with two attached hydrogens (primary N) is 1. The first-order valence-corrected chi connectivity index (χ1v) is 5.48. The second-order valence-corrected chi connectivity index (χ2v) is 3.88. The minimum Gasteiger partial charge on any atom is -0.409 e. The molecule has 19 heavy (non-hydrogen) atoms. The normalized spacial score (nSPS) is 11.3. The summed E-state index contributed by atoms with van der Waals surface area (Å²) in [5.41, 5.74) is 7.21. The number of carbonyl (C=O) groups excluding carboxylic acids is 1. The van der Waals surface area contributed by atoms with E-state index in [4.69, 9.17) is 10.9 Å². The lowest BCUT2D eigenvalue weighted by Crippen LogP contribution is -2.26. The third-order valence-corrected chi connectivity index (χ3v) is 2.71. The number of amides is 1. The van der Waals surface area contributed by atoms with Crippen molar-refractivity contribution in [2.24, 2.45) is 10.9 Å². The molecule has 1 aromatic heterocycles. The molecule has 98 valence electrons. The number of aromatic amines is 1. The molecule has 0 saturated carbocycles. The second kappa shape index (κ2) is 5.21. The highest BCUT2D eigenvalue weighted by Gasteiger charge is 2.14. The Bertz CT molecular complexity index is 589. The lowest BCUT2D eigenvalue weighted by molar-refractivity contribution is 0.0993. The van der Waals surface area contributed by atoms with Crippen LogP contribution in [0.2, 0.25) is 0 Å². The van der Waals surface area contributed by atoms with Gasteiger partial charge in [0.05, 0.1) is 11.8 Å². The molecule has 0 aliphatic rings. The molecule has 0 fully saturated rings. The molecule has 1 heterocycles. The fourth-order valence-electron chi connectivity index (χ4n) is 1.59. The summed E-state index contributed by atoms with van der Waals surface area (Å²) >= 11 is 0. The summed E-state index contributed by atoms with van der Waals surface area (Å²) in [6.45, 7) is 0. The van der Waals surface area contributed by atoms with Crippen LogP contribution in [0, 0.1) is 0 Å². The molecule has 1 aromatic carbocycles. The van der Waals surface area contributed by atoms with E-state index < -0.39 is 0 Å². The van der Waals surface area contributed by atoms with Crippen molar-refractivity contribution in [3.05, 3.63) is 47.8 Å². The minimum atomic E-state index is -0.176. The number of nitrogens with one attached hydrogen (secondary N) is 1. The highest BCUT2D eigenvalue weighted by Crippen LogP contribution is 2.16. The zero-order valence-corrected chi connectivity index (χ0v) is 10.2. The molecule has 0 aliphatic heterocycles. The van der Waals surface area contributed by atoms with E-state index in [2.05, 4.69) is 15.4 Å². The summed E-state index contributed by atoms with van der Waals surface area (Å²) in [7, 11) is 1.66. The second-order valence-electron chi connectivity index (χ2n) is 3.88. The van der Waals surface area contributed by atoms with Crippen LogP contribution in [-0.4, -0.2) is 34.2 Å². The molecule has 0 atom stereocenters. The van der Waals surface area contributed by atoms with Gasteiger partial charge in [-0.05, 0) is 24.3 Å². The van der Waals surface area contributed by atoms with Crippen LogP contribution in [0.3, 0.4) is 0 Å². The van der Waals surface area contributed by atoms with Gasteiger partial charge in [-0.25, -0.2) is 0 Å². The monoisotopic (exact) mass is 259 g/mol. The molecule has 7 nitrogen and oxygen atoms in total. The van der Waals surface area contributed by atoms with E-state index in [0.29, 0.717) is 16.8 Å². The number of hydrogen-bond acceptors (Lipinski definition) is 4. The van der Waals surface area contributed by atoms with E-state index in [1.807, 2.05) is 0 Å². The average molecular weight is 259 g/mol. The first-order valence-electron chi connectivity index (χ1n) is 5.48. The number of benzene rings is 1. The van der Waals surface area contributed by atoms with Crippen LogP contribution < -0.4 is 10.6 Å². The Hall–Kier alpha value is -2.83. The van der Waals surface area contributed by atoms with Gasteiger partial charge in [-0.1, -0.05) is 5.16 Å². The predicted octanol–water partition coefficient (Wildman–Crippen LogP) is 0.781. The molecular formula is C12H13N5O2. The summed E-state index contributed by atoms with van der Waals surface area (Å²) in [6.07, 6.45) is 2.99. The van der Waals surface area contributed by atoms with E-state index >= 15 is 0 Å². The fraction of sp³-hybridized carbons (Fsp3) is 0.0833. The average Bonchev–Trinajstić information content (AvgIpc) is 2.99. The Morgan fingerprint density at radius 1 is 1.37 bits per heavy atom. The van der Waals surface area contributed by atoms with Gasteiger partial charge in [0, 0.05) is 24.5 Å². The predicted molar refractivity (Wildman–Crippen MR) is 70.3 cm³/mol. The Morgan fingerprint density at radius 2 is 2.05 bits per heavy atom. The number of H-pyrrole nitrogens is 1. The molecule has 0 unspecified atom stereocenters. The van der Waals surface area contributed by atoms with Gasteiger partial charge in [0.25, 0.3) is 5.91 Å². The van der Waals surface area contributed by atoms with Gasteiger partial charge in [0.1, 0.15) is 0 Å². The molecule has 0 radical (unpaired) electrons. The summed E-state index contributed by atoms with van der Waals surface area (Å²) in [6, 6.07) is 6.77. The number of nitrogens with zero attached hydrogens (tertiary/aromatic N) is 3. The summed E-state index contributed by atoms with van der Waals surface area (Å²) in [4.78, 5) is 13.5. The third-order valence-electron chi connectivity index (χ3n) is 2.71. The van der Waals surface area contributed by atoms with Gasteiger partial charge in [-0.2, -0.15) is 5.10 Å². The number of anilines is 1. The number of oxime groups is 1. The minimum absolute atomic E-state index is 0.0235. The zero-order chi connectivity index (χ0) is 13.8. The van der Waals surface area contributed by atoms with E-state index in [-0.39, 0.29) is 11.7 Å². The van der Waals surface area contributed by atoms with Crippen LogP contribution in [0.1, 0.15) is 15.9 Å². The number of amidine groups is 1. The van der Waals surface area contributed by atoms with Crippen LogP contribution in [0.15, 0.2) is 41.8 Å². The lowest BCUT2D eigenvalue weighted by atomic mass is 10.1. The molecular weight excluding hydrogens is 246 g/mol. The van der Waals surface area contributed by atoms with Crippen LogP contribution in [0.5, 0.6) is 0 Å². The number of hydrogen-bond donors (Lipinski definition) is 3. The van der Waals surface area contributed by atoms with Crippen molar-refractivity contribution in [3.8, 4) is 0 Å². The highest BCUT2D eigenvalue weighted by molar-refractivity contribution is 6.05. The van der Waals surface area contributed by atoms with Crippen molar-refractivity contribution in [1.82, 2.24) is 10.2 Å². The van der Waals surface area contributed by atoms with E-state index in [1.165, 1.54) is 17.3 Å². The van der Waals surface area contributed by atoms with Gasteiger partial charge in [0.15, 0.2) is 5.84 Å². The van der Waals surface area contributed by atoms with Crippen LogP contribution in [0.25, 0.3) is 0 Å². The molecule has 0 bridgehead atoms. The Kier molecular flexibility index (Phi) is 3.46. The van der Waals surface area contributed by atoms with Crippen molar-refractivity contribution in [2.75, 3.05) is 11.9 Å². The molecule has 7 heteroatoms. The molecule has 2 aromatic rings. The molecule has 1 amide bonds. The van der Waals surface area contributed by atoms with Crippen molar-refractivity contribution >= 4 is 17.4 Å². The molecule has 2 rings (SSSR count). The van der Waals surface area contributed by atoms with Crippen LogP contribution in [0.4, 0.5) is 5.69 Å². The SMILES string of the molecule is CN(C(=O)c1cn[nH]c1)c1ccc(C(N)=NO)cc1. The first kappa shape index (κ1) is 12.6. The molecule has 0 aliphatic carbocycles. The fourth-order valence-corrected chi connectivity index (χ4v) is 1.59. The topological polar surface area (TPSA) is 108 Å². The van der Waals surface area contributed by atoms with E-state index in [1.54, 1.807) is 31.3 Å². The van der Waals surface area contributed by atoms with Gasteiger partial charge in [-0.15, -0.1) is 0 Å². The maximum Gasteiger partial charge on any atom is 0.261 e. The van der Waals surface area contributed by atoms with Crippen molar-refractivity contribution < 1.29 is 10.0 Å². The Morgan fingerprint density at radius 3 is 2.58 bits per heavy atom. The lowest BCUT2D eigenvalue weighted by Gasteiger charge is -2.16. The van der Waals surface area contributed by atoms with Crippen LogP contribution in [-0.2, 0) is 0 Å². The number of aromatic nitrogens is 2. The summed E-state index contributed by atoms with van der Waals surface area (Å²) < 4.78 is 0. The quantitative estimate of drug-likeness (QED) is 0.327. The van der Waals surface area contributed by atoms with Crippen molar-refractivity contribution in [1.29, 1.82) is 0 Å². The van der Waals surface area contributed by atoms with Crippen molar-refractivity contribution in [3.63, 3.8) is 0 Å². The maximum absolute atomic E-state index is 12.1. The Labute approximate surface area is 109 Å². The first-order chi connectivity index (χ1) is 9.13. The van der Waals surface area contributed by atoms with Crippen molar-refractivity contribution in [2.45, 2.75) is 0 Å². The molecule has 0 saturated heterocycles. The highest BCUT2D eigenvalue weighted by atomic mass is 16.4. The largest absolute Gasteiger partial charge is 0.409 e. The van der Waals surface area contributed by atoms with Gasteiger partial charge in [0.2, 0.25) is 0 Å². The zero-order valence-electron chi connectivity index (χ0n) is 10.2. The molecule has 0 spiro atoms. The van der Waals surface area contributed by atoms with E-state index in [9.17, 15) is 4.79 Å². The summed E-state index contributed by atoms with van der Waals surface area (Å²) in [5.74, 6) is -0.152. The van der Waals surface area contributed by atoms with Gasteiger partial charge >= 0.3 is 0 Å². The Balaban J connectivity index is 2.20. The number of carbonyl (C=O) groups is 1. The smallest absolute Gasteiger partial charge is 0.261 e. The standard InChI is InChI=1S/C12H13N5O2/c1-17(12(18)9-6-14-15-7-9)10-4-2-8(3-5-10)11(13)16-19/h2-7,19H,1H3,(H2,13,16)(H,14,15).